The van der Waals surface area contributed by atoms with Crippen molar-refractivity contribution in [3.8, 4) is 0 Å². The molecule has 0 fully saturated rings. The number of aromatic nitrogens is 1. The summed E-state index contributed by atoms with van der Waals surface area (Å²) in [5.74, 6) is 0.464. The van der Waals surface area contributed by atoms with Gasteiger partial charge in [-0.15, -0.1) is 0 Å². The molecule has 0 bridgehead atoms. The Labute approximate surface area is 168 Å². The lowest BCUT2D eigenvalue weighted by Gasteiger charge is -2.13. The fraction of sp³-hybridized carbons (Fsp3) is 0.304. The minimum absolute atomic E-state index is 0.173. The monoisotopic (exact) mass is 378 g/mol. The highest BCUT2D eigenvalue weighted by molar-refractivity contribution is 5.79. The summed E-state index contributed by atoms with van der Waals surface area (Å²) in [6, 6.07) is 5.90. The van der Waals surface area contributed by atoms with Crippen LogP contribution in [0.25, 0.3) is 0 Å². The molecule has 5 heteroatoms. The van der Waals surface area contributed by atoms with Crippen LogP contribution >= 0.6 is 0 Å². The van der Waals surface area contributed by atoms with Crippen LogP contribution in [0.5, 0.6) is 0 Å². The third-order valence-corrected chi connectivity index (χ3v) is 4.01. The Kier molecular flexibility index (Phi) is 7.96. The van der Waals surface area contributed by atoms with E-state index in [0.717, 1.165) is 29.0 Å². The molecule has 0 aromatic carbocycles. The average molecular weight is 379 g/mol. The largest absolute Gasteiger partial charge is 0.387 e. The van der Waals surface area contributed by atoms with E-state index in [1.165, 1.54) is 0 Å². The molecule has 0 spiro atoms. The number of ether oxygens (including phenoxy) is 1. The predicted molar refractivity (Wildman–Crippen MR) is 117 cm³/mol. The lowest BCUT2D eigenvalue weighted by atomic mass is 10.1. The Morgan fingerprint density at radius 1 is 1.36 bits per heavy atom. The molecule has 0 aliphatic heterocycles. The first kappa shape index (κ1) is 21.4. The second-order valence-corrected chi connectivity index (χ2v) is 6.94. The van der Waals surface area contributed by atoms with E-state index in [2.05, 4.69) is 40.6 Å². The molecule has 3 N–H and O–H groups in total. The molecule has 0 atom stereocenters. The van der Waals surface area contributed by atoms with Gasteiger partial charge in [0.25, 0.3) is 0 Å². The van der Waals surface area contributed by atoms with Gasteiger partial charge in [0.2, 0.25) is 0 Å². The number of allylic oxidation sites excluding steroid dienone is 6. The van der Waals surface area contributed by atoms with Crippen molar-refractivity contribution in [1.29, 1.82) is 0 Å². The Morgan fingerprint density at radius 2 is 2.11 bits per heavy atom. The van der Waals surface area contributed by atoms with Crippen LogP contribution < -0.4 is 11.1 Å². The van der Waals surface area contributed by atoms with Crippen LogP contribution in [0.1, 0.15) is 38.6 Å². The van der Waals surface area contributed by atoms with E-state index in [-0.39, 0.29) is 6.10 Å². The van der Waals surface area contributed by atoms with Crippen molar-refractivity contribution in [3.63, 3.8) is 0 Å². The maximum absolute atomic E-state index is 5.80. The van der Waals surface area contributed by atoms with Crippen LogP contribution in [0.15, 0.2) is 83.2 Å². The Hall–Kier alpha value is -2.92. The molecule has 28 heavy (non-hydrogen) atoms. The number of hydrogen-bond donors (Lipinski definition) is 2. The molecule has 1 aliphatic carbocycles. The SMILES string of the molecule is C=C(/C=C(\N=C(C)N)C(=C)NCc1cccc(COC(C)C)n1)C1=CC=CC1. The van der Waals surface area contributed by atoms with E-state index in [9.17, 15) is 0 Å². The highest BCUT2D eigenvalue weighted by atomic mass is 16.5. The molecule has 2 rings (SSSR count). The van der Waals surface area contributed by atoms with Crippen molar-refractivity contribution < 1.29 is 4.74 Å². The second kappa shape index (κ2) is 10.4. The highest BCUT2D eigenvalue weighted by Crippen LogP contribution is 2.22. The van der Waals surface area contributed by atoms with Gasteiger partial charge in [-0.1, -0.05) is 37.5 Å². The Morgan fingerprint density at radius 3 is 2.75 bits per heavy atom. The quantitative estimate of drug-likeness (QED) is 0.361. The maximum atomic E-state index is 5.80. The van der Waals surface area contributed by atoms with Gasteiger partial charge in [-0.3, -0.25) is 4.98 Å². The minimum atomic E-state index is 0.173. The fourth-order valence-electron chi connectivity index (χ4n) is 2.57. The van der Waals surface area contributed by atoms with Gasteiger partial charge >= 0.3 is 0 Å². The molecule has 148 valence electrons. The van der Waals surface area contributed by atoms with Gasteiger partial charge in [-0.2, -0.15) is 0 Å². The first-order chi connectivity index (χ1) is 13.3. The van der Waals surface area contributed by atoms with E-state index >= 15 is 0 Å². The molecule has 1 aliphatic rings. The molecule has 0 saturated carbocycles. The zero-order valence-electron chi connectivity index (χ0n) is 17.0. The van der Waals surface area contributed by atoms with E-state index in [1.54, 1.807) is 6.92 Å². The minimum Gasteiger partial charge on any atom is -0.387 e. The van der Waals surface area contributed by atoms with Gasteiger partial charge in [0.05, 0.1) is 47.9 Å². The first-order valence-electron chi connectivity index (χ1n) is 9.42. The average Bonchev–Trinajstić information content (AvgIpc) is 3.19. The van der Waals surface area contributed by atoms with Gasteiger partial charge in [0, 0.05) is 0 Å². The lowest BCUT2D eigenvalue weighted by Crippen LogP contribution is -2.16. The van der Waals surface area contributed by atoms with E-state index in [4.69, 9.17) is 10.5 Å². The molecule has 1 heterocycles. The maximum Gasteiger partial charge on any atom is 0.0965 e. The van der Waals surface area contributed by atoms with Gasteiger partial charge in [-0.25, -0.2) is 4.99 Å². The van der Waals surface area contributed by atoms with E-state index in [0.29, 0.717) is 30.4 Å². The van der Waals surface area contributed by atoms with Gasteiger partial charge < -0.3 is 15.8 Å². The van der Waals surface area contributed by atoms with Crippen LogP contribution in [-0.2, 0) is 17.9 Å². The molecule has 0 unspecified atom stereocenters. The van der Waals surface area contributed by atoms with Crippen LogP contribution in [0.3, 0.4) is 0 Å². The summed E-state index contributed by atoms with van der Waals surface area (Å²) in [7, 11) is 0. The van der Waals surface area contributed by atoms with Crippen LogP contribution in [0.4, 0.5) is 0 Å². The predicted octanol–water partition coefficient (Wildman–Crippen LogP) is 4.31. The highest BCUT2D eigenvalue weighted by Gasteiger charge is 2.08. The van der Waals surface area contributed by atoms with Gasteiger partial charge in [0.15, 0.2) is 0 Å². The van der Waals surface area contributed by atoms with Crippen molar-refractivity contribution in [3.05, 3.63) is 89.6 Å². The first-order valence-corrected chi connectivity index (χ1v) is 9.42. The van der Waals surface area contributed by atoms with Crippen LogP contribution in [0, 0.1) is 0 Å². The fourth-order valence-corrected chi connectivity index (χ4v) is 2.57. The third kappa shape index (κ3) is 7.00. The molecule has 1 aromatic rings. The molecule has 0 saturated heterocycles. The molecular weight excluding hydrogens is 348 g/mol. The van der Waals surface area contributed by atoms with Crippen molar-refractivity contribution in [2.24, 2.45) is 10.7 Å². The molecular formula is C23H30N4O. The standard InChI is InChI=1S/C23H30N4O/c1-16(2)28-15-22-12-8-11-21(27-22)14-25-18(4)23(26-19(5)24)13-17(3)20-9-6-7-10-20/h6-9,11-13,16,25H,3-4,10,14-15H2,1-2,5H3,(H2,24,26)/b23-13-. The van der Waals surface area contributed by atoms with Gasteiger partial charge in [0.1, 0.15) is 0 Å². The third-order valence-electron chi connectivity index (χ3n) is 4.01. The number of amidine groups is 1. The Balaban J connectivity index is 2.04. The molecule has 0 radical (unpaired) electrons. The smallest absolute Gasteiger partial charge is 0.0965 e. The van der Waals surface area contributed by atoms with Crippen molar-refractivity contribution in [1.82, 2.24) is 10.3 Å². The van der Waals surface area contributed by atoms with Crippen molar-refractivity contribution >= 4 is 5.84 Å². The van der Waals surface area contributed by atoms with E-state index < -0.39 is 0 Å². The van der Waals surface area contributed by atoms with Crippen LogP contribution in [-0.4, -0.2) is 16.9 Å². The number of rotatable bonds is 10. The Bertz CT molecular complexity index is 840. The topological polar surface area (TPSA) is 72.5 Å². The summed E-state index contributed by atoms with van der Waals surface area (Å²) in [5.41, 5.74) is 11.0. The molecule has 0 amide bonds. The summed E-state index contributed by atoms with van der Waals surface area (Å²) in [6.45, 7) is 15.0. The summed E-state index contributed by atoms with van der Waals surface area (Å²) in [6.07, 6.45) is 9.14. The van der Waals surface area contributed by atoms with Crippen LogP contribution in [0.2, 0.25) is 0 Å². The second-order valence-electron chi connectivity index (χ2n) is 6.94. The number of aliphatic imine (C=N–C) groups is 1. The molecule has 1 aromatic heterocycles. The van der Waals surface area contributed by atoms with Gasteiger partial charge in [-0.05, 0) is 56.5 Å². The molecule has 5 nitrogen and oxygen atoms in total. The summed E-state index contributed by atoms with van der Waals surface area (Å²) in [4.78, 5) is 9.03. The van der Waals surface area contributed by atoms with E-state index in [1.807, 2.05) is 44.2 Å². The zero-order valence-corrected chi connectivity index (χ0v) is 17.0. The number of pyridine rings is 1. The summed E-state index contributed by atoms with van der Waals surface area (Å²) in [5, 5.41) is 3.29. The lowest BCUT2D eigenvalue weighted by molar-refractivity contribution is 0.0635. The number of hydrogen-bond acceptors (Lipinski definition) is 4. The van der Waals surface area contributed by atoms with Crippen molar-refractivity contribution in [2.75, 3.05) is 0 Å². The van der Waals surface area contributed by atoms with Crippen molar-refractivity contribution in [2.45, 2.75) is 46.4 Å². The normalized spacial score (nSPS) is 14.4. The summed E-state index contributed by atoms with van der Waals surface area (Å²) >= 11 is 0. The zero-order chi connectivity index (χ0) is 20.5. The number of nitrogens with one attached hydrogen (secondary N) is 1. The number of nitrogens with two attached hydrogens (primary N) is 1. The summed E-state index contributed by atoms with van der Waals surface area (Å²) < 4.78 is 5.62. The number of nitrogens with zero attached hydrogens (tertiary/aromatic N) is 2.